The fourth-order valence-electron chi connectivity index (χ4n) is 1.87. The molecule has 8 nitrogen and oxygen atoms in total. The Morgan fingerprint density at radius 3 is 2.91 bits per heavy atom. The van der Waals surface area contributed by atoms with Gasteiger partial charge in [-0.1, -0.05) is 22.9 Å². The van der Waals surface area contributed by atoms with Crippen LogP contribution >= 0.6 is 0 Å². The van der Waals surface area contributed by atoms with Gasteiger partial charge in [-0.2, -0.15) is 0 Å². The molecule has 1 aromatic heterocycles. The van der Waals surface area contributed by atoms with Crippen molar-refractivity contribution in [2.24, 2.45) is 0 Å². The van der Waals surface area contributed by atoms with Crippen LogP contribution in [-0.4, -0.2) is 67.1 Å². The highest BCUT2D eigenvalue weighted by Gasteiger charge is 2.15. The van der Waals surface area contributed by atoms with E-state index in [1.807, 2.05) is 0 Å². The molecule has 0 spiro atoms. The third kappa shape index (κ3) is 7.43. The zero-order valence-corrected chi connectivity index (χ0v) is 13.8. The van der Waals surface area contributed by atoms with Crippen LogP contribution in [0.5, 0.6) is 0 Å². The topological polar surface area (TPSA) is 99.9 Å². The highest BCUT2D eigenvalue weighted by molar-refractivity contribution is 7.79. The van der Waals surface area contributed by atoms with E-state index < -0.39 is 11.1 Å². The third-order valence-electron chi connectivity index (χ3n) is 3.22. The normalized spacial score (nSPS) is 12.9. The molecule has 22 heavy (non-hydrogen) atoms. The number of carbonyl (C=O) groups is 1. The monoisotopic (exact) mass is 329 g/mol. The summed E-state index contributed by atoms with van der Waals surface area (Å²) in [6, 6.07) is 0. The van der Waals surface area contributed by atoms with Crippen molar-refractivity contribution in [2.75, 3.05) is 32.9 Å². The minimum atomic E-state index is -1.97. The standard InChI is InChI=1S/C13H23N5O3S/c1-4-13(19)14-10-12-11-17(16-15-12)6-8-18(2,3)7-5-9-22(20)21/h4,11H,1,5-10H2,2-3H3,(H-,14,19,20,21). The maximum absolute atomic E-state index is 11.1. The SMILES string of the molecule is C=CC(=O)NCc1cn(CC[N+](C)(C)CCCS(=O)[O-])nn1. The Bertz CT molecular complexity index is 530. The molecule has 1 atom stereocenters. The molecule has 0 aromatic carbocycles. The molecule has 0 radical (unpaired) electrons. The smallest absolute Gasteiger partial charge is 0.243 e. The number of nitrogens with one attached hydrogen (secondary N) is 1. The number of quaternary nitrogens is 1. The van der Waals surface area contributed by atoms with Crippen LogP contribution in [-0.2, 0) is 29.0 Å². The molecule has 0 aliphatic rings. The summed E-state index contributed by atoms with van der Waals surface area (Å²) in [7, 11) is 4.10. The van der Waals surface area contributed by atoms with Crippen LogP contribution in [0.4, 0.5) is 0 Å². The van der Waals surface area contributed by atoms with Gasteiger partial charge in [0.25, 0.3) is 0 Å². The second kappa shape index (κ2) is 8.76. The van der Waals surface area contributed by atoms with Gasteiger partial charge in [-0.25, -0.2) is 4.68 Å². The minimum Gasteiger partial charge on any atom is -0.772 e. The van der Waals surface area contributed by atoms with Gasteiger partial charge < -0.3 is 14.4 Å². The molecule has 1 amide bonds. The van der Waals surface area contributed by atoms with E-state index in [2.05, 4.69) is 36.3 Å². The average molecular weight is 329 g/mol. The lowest BCUT2D eigenvalue weighted by Gasteiger charge is -2.29. The van der Waals surface area contributed by atoms with Crippen LogP contribution in [0.1, 0.15) is 12.1 Å². The first-order valence-corrected chi connectivity index (χ1v) is 8.24. The molecular formula is C13H23N5O3S. The zero-order chi connectivity index (χ0) is 16.6. The van der Waals surface area contributed by atoms with E-state index in [4.69, 9.17) is 0 Å². The second-order valence-corrected chi connectivity index (χ2v) is 6.65. The Labute approximate surface area is 133 Å². The van der Waals surface area contributed by atoms with E-state index in [9.17, 15) is 13.6 Å². The summed E-state index contributed by atoms with van der Waals surface area (Å²) >= 11 is -1.97. The second-order valence-electron chi connectivity index (χ2n) is 5.64. The van der Waals surface area contributed by atoms with E-state index >= 15 is 0 Å². The summed E-state index contributed by atoms with van der Waals surface area (Å²) in [6.07, 6.45) is 3.63. The van der Waals surface area contributed by atoms with Crippen LogP contribution in [0, 0.1) is 0 Å². The summed E-state index contributed by atoms with van der Waals surface area (Å²) in [4.78, 5) is 11.1. The lowest BCUT2D eigenvalue weighted by Crippen LogP contribution is -2.43. The number of likely N-dealkylation sites (N-methyl/N-ethyl adjacent to an activating group) is 1. The lowest BCUT2D eigenvalue weighted by atomic mass is 10.3. The summed E-state index contributed by atoms with van der Waals surface area (Å²) in [5.74, 6) is -0.0545. The molecule has 0 aliphatic carbocycles. The van der Waals surface area contributed by atoms with Gasteiger partial charge >= 0.3 is 0 Å². The lowest BCUT2D eigenvalue weighted by molar-refractivity contribution is -0.890. The first kappa shape index (κ1) is 18.5. The molecule has 0 aliphatic heterocycles. The van der Waals surface area contributed by atoms with Gasteiger partial charge in [0.15, 0.2) is 0 Å². The Morgan fingerprint density at radius 1 is 1.55 bits per heavy atom. The van der Waals surface area contributed by atoms with Gasteiger partial charge in [0.1, 0.15) is 5.69 Å². The number of carbonyl (C=O) groups excluding carboxylic acids is 1. The molecule has 9 heteroatoms. The number of hydrogen-bond donors (Lipinski definition) is 1. The maximum Gasteiger partial charge on any atom is 0.243 e. The van der Waals surface area contributed by atoms with Crippen molar-refractivity contribution in [1.29, 1.82) is 0 Å². The third-order valence-corrected chi connectivity index (χ3v) is 3.85. The van der Waals surface area contributed by atoms with Crippen molar-refractivity contribution >= 4 is 17.0 Å². The molecule has 0 bridgehead atoms. The molecular weight excluding hydrogens is 306 g/mol. The molecule has 1 heterocycles. The summed E-state index contributed by atoms with van der Waals surface area (Å²) < 4.78 is 23.5. The molecule has 1 rings (SSSR count). The van der Waals surface area contributed by atoms with E-state index in [0.29, 0.717) is 29.7 Å². The van der Waals surface area contributed by atoms with Gasteiger partial charge in [-0.15, -0.1) is 5.10 Å². The van der Waals surface area contributed by atoms with Crippen LogP contribution in [0.15, 0.2) is 18.9 Å². The first-order valence-electron chi connectivity index (χ1n) is 6.99. The Balaban J connectivity index is 2.37. The van der Waals surface area contributed by atoms with Gasteiger partial charge in [0.2, 0.25) is 5.91 Å². The van der Waals surface area contributed by atoms with Crippen molar-refractivity contribution in [2.45, 2.75) is 19.5 Å². The first-order chi connectivity index (χ1) is 10.3. The van der Waals surface area contributed by atoms with Gasteiger partial charge in [-0.05, 0) is 6.08 Å². The Hall–Kier alpha value is -1.58. The summed E-state index contributed by atoms with van der Waals surface area (Å²) in [5, 5.41) is 10.6. The van der Waals surface area contributed by atoms with E-state index in [1.54, 1.807) is 10.9 Å². The van der Waals surface area contributed by atoms with Crippen molar-refractivity contribution in [3.63, 3.8) is 0 Å². The zero-order valence-electron chi connectivity index (χ0n) is 13.0. The molecule has 0 fully saturated rings. The Kier molecular flexibility index (Phi) is 7.36. The molecule has 1 unspecified atom stereocenters. The largest absolute Gasteiger partial charge is 0.772 e. The van der Waals surface area contributed by atoms with Crippen molar-refractivity contribution < 1.29 is 18.0 Å². The highest BCUT2D eigenvalue weighted by atomic mass is 32.2. The van der Waals surface area contributed by atoms with Gasteiger partial charge in [0, 0.05) is 12.2 Å². The molecule has 0 saturated heterocycles. The molecule has 1 aromatic rings. The number of rotatable bonds is 10. The molecule has 124 valence electrons. The van der Waals surface area contributed by atoms with E-state index in [1.165, 1.54) is 6.08 Å². The predicted molar refractivity (Wildman–Crippen MR) is 82.3 cm³/mol. The number of amides is 1. The molecule has 0 saturated carbocycles. The summed E-state index contributed by atoms with van der Waals surface area (Å²) in [6.45, 7) is 5.97. The van der Waals surface area contributed by atoms with Crippen LogP contribution in [0.25, 0.3) is 0 Å². The van der Waals surface area contributed by atoms with Gasteiger partial charge in [0.05, 0.1) is 46.5 Å². The fourth-order valence-corrected chi connectivity index (χ4v) is 2.24. The maximum atomic E-state index is 11.1. The van der Waals surface area contributed by atoms with E-state index in [-0.39, 0.29) is 11.7 Å². The number of nitrogens with zero attached hydrogens (tertiary/aromatic N) is 4. The fraction of sp³-hybridized carbons (Fsp3) is 0.615. The average Bonchev–Trinajstić information content (AvgIpc) is 2.90. The number of hydrogen-bond acceptors (Lipinski definition) is 5. The number of aromatic nitrogens is 3. The summed E-state index contributed by atoms with van der Waals surface area (Å²) in [5.41, 5.74) is 0.683. The van der Waals surface area contributed by atoms with Crippen molar-refractivity contribution in [1.82, 2.24) is 20.3 Å². The van der Waals surface area contributed by atoms with Crippen LogP contribution in [0.2, 0.25) is 0 Å². The highest BCUT2D eigenvalue weighted by Crippen LogP contribution is 2.02. The van der Waals surface area contributed by atoms with Crippen LogP contribution < -0.4 is 5.32 Å². The predicted octanol–water partition coefficient (Wildman–Crippen LogP) is -0.574. The van der Waals surface area contributed by atoms with Crippen molar-refractivity contribution in [3.05, 3.63) is 24.5 Å². The van der Waals surface area contributed by atoms with Crippen LogP contribution in [0.3, 0.4) is 0 Å². The van der Waals surface area contributed by atoms with Crippen molar-refractivity contribution in [3.8, 4) is 0 Å². The Morgan fingerprint density at radius 2 is 2.27 bits per heavy atom. The van der Waals surface area contributed by atoms with E-state index in [0.717, 1.165) is 13.1 Å². The minimum absolute atomic E-state index is 0.193. The van der Waals surface area contributed by atoms with Gasteiger partial charge in [-0.3, -0.25) is 9.00 Å². The quantitative estimate of drug-likeness (QED) is 0.352. The molecule has 1 N–H and O–H groups in total.